The number of ether oxygens (including phenoxy) is 1. The van der Waals surface area contributed by atoms with Crippen LogP contribution in [0, 0.1) is 0 Å². The molecule has 1 aliphatic rings. The van der Waals surface area contributed by atoms with Crippen LogP contribution in [0.3, 0.4) is 0 Å². The fourth-order valence-corrected chi connectivity index (χ4v) is 2.53. The van der Waals surface area contributed by atoms with E-state index in [9.17, 15) is 9.59 Å². The molecule has 1 aliphatic heterocycles. The van der Waals surface area contributed by atoms with E-state index in [1.54, 1.807) is 18.3 Å². The first-order chi connectivity index (χ1) is 12.2. The molecule has 6 nitrogen and oxygen atoms in total. The van der Waals surface area contributed by atoms with E-state index in [1.807, 2.05) is 48.5 Å². The Morgan fingerprint density at radius 3 is 2.40 bits per heavy atom. The van der Waals surface area contributed by atoms with Crippen LogP contribution in [0.2, 0.25) is 0 Å². The molecule has 0 saturated carbocycles. The monoisotopic (exact) mass is 337 g/mol. The summed E-state index contributed by atoms with van der Waals surface area (Å²) in [5.41, 5.74) is 1.57. The van der Waals surface area contributed by atoms with Crippen LogP contribution in [0.4, 0.5) is 4.79 Å². The van der Waals surface area contributed by atoms with Crippen LogP contribution < -0.4 is 5.32 Å². The number of carbonyl (C=O) groups excluding carboxylic acids is 2. The maximum absolute atomic E-state index is 12.7. The maximum Gasteiger partial charge on any atom is 0.408 e. The van der Waals surface area contributed by atoms with Gasteiger partial charge in [0.15, 0.2) is 0 Å². The van der Waals surface area contributed by atoms with Crippen molar-refractivity contribution in [3.63, 3.8) is 0 Å². The highest BCUT2D eigenvalue weighted by atomic mass is 16.5. The topological polar surface area (TPSA) is 71.0 Å². The Morgan fingerprint density at radius 1 is 1.08 bits per heavy atom. The zero-order chi connectivity index (χ0) is 17.5. The molecule has 0 unspecified atom stereocenters. The second kappa shape index (κ2) is 8.10. The van der Waals surface area contributed by atoms with Gasteiger partial charge in [-0.05, 0) is 11.1 Å². The Bertz CT molecular complexity index is 747. The standard InChI is InChI=1S/C19H19N3O3/c23-18(22-13-7-12-20-22)17(16-10-5-2-6-11-16)21-19(24)25-14-15-8-3-1-4-9-15/h1-6,8-12,17H,7,13-14H2,(H,21,24)/t17-/m1/s1. The van der Waals surface area contributed by atoms with Gasteiger partial charge in [-0.25, -0.2) is 9.80 Å². The summed E-state index contributed by atoms with van der Waals surface area (Å²) in [5.74, 6) is -0.281. The predicted octanol–water partition coefficient (Wildman–Crippen LogP) is 2.87. The lowest BCUT2D eigenvalue weighted by Crippen LogP contribution is -2.40. The third kappa shape index (κ3) is 4.44. The van der Waals surface area contributed by atoms with Gasteiger partial charge in [-0.1, -0.05) is 60.7 Å². The Morgan fingerprint density at radius 2 is 1.76 bits per heavy atom. The number of nitrogens with zero attached hydrogens (tertiary/aromatic N) is 2. The van der Waals surface area contributed by atoms with E-state index in [1.165, 1.54) is 5.01 Å². The number of hydrazone groups is 1. The molecule has 1 heterocycles. The van der Waals surface area contributed by atoms with E-state index in [0.717, 1.165) is 5.56 Å². The van der Waals surface area contributed by atoms with Crippen molar-refractivity contribution in [1.29, 1.82) is 0 Å². The number of rotatable bonds is 5. The van der Waals surface area contributed by atoms with E-state index in [0.29, 0.717) is 18.5 Å². The van der Waals surface area contributed by atoms with Crippen molar-refractivity contribution < 1.29 is 14.3 Å². The second-order valence-electron chi connectivity index (χ2n) is 5.60. The number of amides is 2. The van der Waals surface area contributed by atoms with Crippen molar-refractivity contribution in [2.24, 2.45) is 5.10 Å². The number of carbonyl (C=O) groups is 2. The van der Waals surface area contributed by atoms with Gasteiger partial charge in [0.1, 0.15) is 12.6 Å². The first-order valence-corrected chi connectivity index (χ1v) is 8.10. The zero-order valence-corrected chi connectivity index (χ0v) is 13.7. The van der Waals surface area contributed by atoms with Gasteiger partial charge in [-0.15, -0.1) is 0 Å². The molecule has 0 aliphatic carbocycles. The average Bonchev–Trinajstić information content (AvgIpc) is 3.20. The average molecular weight is 337 g/mol. The molecule has 6 heteroatoms. The molecular weight excluding hydrogens is 318 g/mol. The fourth-order valence-electron chi connectivity index (χ4n) is 2.53. The zero-order valence-electron chi connectivity index (χ0n) is 13.7. The molecule has 25 heavy (non-hydrogen) atoms. The third-order valence-corrected chi connectivity index (χ3v) is 3.80. The molecule has 1 atom stereocenters. The van der Waals surface area contributed by atoms with Crippen LogP contribution in [0.5, 0.6) is 0 Å². The van der Waals surface area contributed by atoms with Crippen LogP contribution in [0.15, 0.2) is 65.8 Å². The smallest absolute Gasteiger partial charge is 0.408 e. The van der Waals surface area contributed by atoms with Gasteiger partial charge in [0.25, 0.3) is 5.91 Å². The number of hydrogen-bond acceptors (Lipinski definition) is 4. The molecule has 0 radical (unpaired) electrons. The molecule has 2 aromatic carbocycles. The normalized spacial score (nSPS) is 14.2. The number of hydrogen-bond donors (Lipinski definition) is 1. The summed E-state index contributed by atoms with van der Waals surface area (Å²) in [4.78, 5) is 24.9. The quantitative estimate of drug-likeness (QED) is 0.912. The summed E-state index contributed by atoms with van der Waals surface area (Å²) in [6.07, 6.45) is 1.76. The first kappa shape index (κ1) is 16.7. The minimum atomic E-state index is -0.834. The van der Waals surface area contributed by atoms with Crippen LogP contribution in [-0.2, 0) is 16.1 Å². The van der Waals surface area contributed by atoms with E-state index in [2.05, 4.69) is 10.4 Å². The van der Waals surface area contributed by atoms with Crippen molar-refractivity contribution >= 4 is 18.2 Å². The predicted molar refractivity (Wildman–Crippen MR) is 93.8 cm³/mol. The lowest BCUT2D eigenvalue weighted by molar-refractivity contribution is -0.133. The lowest BCUT2D eigenvalue weighted by Gasteiger charge is -2.22. The van der Waals surface area contributed by atoms with E-state index < -0.39 is 12.1 Å². The summed E-state index contributed by atoms with van der Waals surface area (Å²) in [6, 6.07) is 17.6. The number of benzene rings is 2. The van der Waals surface area contributed by atoms with Crippen LogP contribution in [0.25, 0.3) is 0 Å². The summed E-state index contributed by atoms with van der Waals surface area (Å²) in [6.45, 7) is 0.660. The Labute approximate surface area is 146 Å². The van der Waals surface area contributed by atoms with Crippen molar-refractivity contribution in [3.8, 4) is 0 Å². The van der Waals surface area contributed by atoms with Gasteiger partial charge < -0.3 is 10.1 Å². The van der Waals surface area contributed by atoms with Crippen molar-refractivity contribution in [3.05, 3.63) is 71.8 Å². The van der Waals surface area contributed by atoms with E-state index in [-0.39, 0.29) is 12.5 Å². The van der Waals surface area contributed by atoms with Crippen LogP contribution in [0.1, 0.15) is 23.6 Å². The van der Waals surface area contributed by atoms with Gasteiger partial charge >= 0.3 is 6.09 Å². The largest absolute Gasteiger partial charge is 0.445 e. The fraction of sp³-hybridized carbons (Fsp3) is 0.211. The summed E-state index contributed by atoms with van der Waals surface area (Å²) < 4.78 is 5.23. The van der Waals surface area contributed by atoms with E-state index >= 15 is 0 Å². The second-order valence-corrected chi connectivity index (χ2v) is 5.60. The van der Waals surface area contributed by atoms with Gasteiger partial charge in [-0.3, -0.25) is 4.79 Å². The molecule has 0 aromatic heterocycles. The summed E-state index contributed by atoms with van der Waals surface area (Å²) in [7, 11) is 0. The highest BCUT2D eigenvalue weighted by Crippen LogP contribution is 2.18. The highest BCUT2D eigenvalue weighted by Gasteiger charge is 2.29. The number of nitrogens with one attached hydrogen (secondary N) is 1. The maximum atomic E-state index is 12.7. The molecular formula is C19H19N3O3. The molecule has 0 fully saturated rings. The highest BCUT2D eigenvalue weighted by molar-refractivity contribution is 5.88. The first-order valence-electron chi connectivity index (χ1n) is 8.10. The molecule has 0 saturated heterocycles. The molecule has 128 valence electrons. The number of alkyl carbamates (subject to hydrolysis) is 1. The molecule has 0 bridgehead atoms. The molecule has 2 amide bonds. The summed E-state index contributed by atoms with van der Waals surface area (Å²) >= 11 is 0. The third-order valence-electron chi connectivity index (χ3n) is 3.80. The van der Waals surface area contributed by atoms with Gasteiger partial charge in [-0.2, -0.15) is 5.10 Å². The van der Waals surface area contributed by atoms with Crippen LogP contribution >= 0.6 is 0 Å². The lowest BCUT2D eigenvalue weighted by atomic mass is 10.1. The van der Waals surface area contributed by atoms with Gasteiger partial charge in [0.05, 0.1) is 0 Å². The Kier molecular flexibility index (Phi) is 5.41. The van der Waals surface area contributed by atoms with Crippen molar-refractivity contribution in [2.45, 2.75) is 19.1 Å². The Balaban J connectivity index is 1.67. The van der Waals surface area contributed by atoms with Crippen LogP contribution in [-0.4, -0.2) is 29.8 Å². The van der Waals surface area contributed by atoms with Gasteiger partial charge in [0.2, 0.25) is 0 Å². The molecule has 3 rings (SSSR count). The van der Waals surface area contributed by atoms with Gasteiger partial charge in [0, 0.05) is 19.2 Å². The molecule has 0 spiro atoms. The minimum Gasteiger partial charge on any atom is -0.445 e. The minimum absolute atomic E-state index is 0.143. The SMILES string of the molecule is O=C(N[C@@H](C(=O)N1CCC=N1)c1ccccc1)OCc1ccccc1. The molecule has 2 aromatic rings. The van der Waals surface area contributed by atoms with E-state index in [4.69, 9.17) is 4.74 Å². The van der Waals surface area contributed by atoms with Crippen molar-refractivity contribution in [1.82, 2.24) is 10.3 Å². The molecule has 1 N–H and O–H groups in total. The Hall–Kier alpha value is -3.15. The summed E-state index contributed by atoms with van der Waals surface area (Å²) in [5, 5.41) is 8.07. The van der Waals surface area contributed by atoms with Crippen molar-refractivity contribution in [2.75, 3.05) is 6.54 Å².